The lowest BCUT2D eigenvalue weighted by Gasteiger charge is -2.06. The van der Waals surface area contributed by atoms with E-state index >= 15 is 0 Å². The maximum atomic E-state index is 13.2. The normalized spacial score (nSPS) is 10.1. The van der Waals surface area contributed by atoms with E-state index in [1.807, 2.05) is 0 Å². The predicted octanol–water partition coefficient (Wildman–Crippen LogP) is 1.35. The molecule has 1 aromatic rings. The molecule has 1 rings (SSSR count). The molecule has 0 aliphatic rings. The van der Waals surface area contributed by atoms with Gasteiger partial charge in [-0.2, -0.15) is 11.8 Å². The van der Waals surface area contributed by atoms with E-state index in [0.29, 0.717) is 23.6 Å². The number of benzene rings is 1. The van der Waals surface area contributed by atoms with Crippen LogP contribution in [0.5, 0.6) is 0 Å². The van der Waals surface area contributed by atoms with Crippen molar-refractivity contribution in [1.82, 2.24) is 10.6 Å². The van der Waals surface area contributed by atoms with Crippen molar-refractivity contribution >= 4 is 17.8 Å². The quantitative estimate of drug-likeness (QED) is 0.657. The van der Waals surface area contributed by atoms with Crippen molar-refractivity contribution < 1.29 is 14.3 Å². The SMILES string of the molecule is O=C(NCCO)NCCSCc1ccccc1F. The molecule has 0 aliphatic carbocycles. The largest absolute Gasteiger partial charge is 0.395 e. The van der Waals surface area contributed by atoms with Gasteiger partial charge in [-0.05, 0) is 11.6 Å². The first-order chi connectivity index (χ1) is 8.74. The molecule has 0 radical (unpaired) electrons. The summed E-state index contributed by atoms with van der Waals surface area (Å²) in [6, 6.07) is 6.37. The molecule has 0 unspecified atom stereocenters. The Bertz CT molecular complexity index is 377. The third-order valence-electron chi connectivity index (χ3n) is 2.14. The summed E-state index contributed by atoms with van der Waals surface area (Å²) in [7, 11) is 0. The first-order valence-corrected chi connectivity index (χ1v) is 6.83. The number of hydrogen-bond donors (Lipinski definition) is 3. The summed E-state index contributed by atoms with van der Waals surface area (Å²) < 4.78 is 13.2. The molecular weight excluding hydrogens is 255 g/mol. The lowest BCUT2D eigenvalue weighted by molar-refractivity contribution is 0.235. The van der Waals surface area contributed by atoms with E-state index in [1.54, 1.807) is 30.0 Å². The van der Waals surface area contributed by atoms with Crippen LogP contribution in [-0.2, 0) is 5.75 Å². The van der Waals surface area contributed by atoms with Crippen LogP contribution >= 0.6 is 11.8 Å². The zero-order valence-corrected chi connectivity index (χ0v) is 10.8. The maximum absolute atomic E-state index is 13.2. The van der Waals surface area contributed by atoms with Gasteiger partial charge in [0.1, 0.15) is 5.82 Å². The van der Waals surface area contributed by atoms with Crippen molar-refractivity contribution in [2.75, 3.05) is 25.4 Å². The van der Waals surface area contributed by atoms with Gasteiger partial charge in [-0.3, -0.25) is 0 Å². The topological polar surface area (TPSA) is 61.4 Å². The van der Waals surface area contributed by atoms with Crippen LogP contribution in [0.15, 0.2) is 24.3 Å². The van der Waals surface area contributed by atoms with Gasteiger partial charge >= 0.3 is 6.03 Å². The highest BCUT2D eigenvalue weighted by molar-refractivity contribution is 7.98. The Kier molecular flexibility index (Phi) is 7.20. The van der Waals surface area contributed by atoms with Gasteiger partial charge in [0.2, 0.25) is 0 Å². The lowest BCUT2D eigenvalue weighted by Crippen LogP contribution is -2.38. The van der Waals surface area contributed by atoms with Gasteiger partial charge in [0.15, 0.2) is 0 Å². The van der Waals surface area contributed by atoms with E-state index in [1.165, 1.54) is 6.07 Å². The zero-order valence-electron chi connectivity index (χ0n) is 9.99. The number of aliphatic hydroxyl groups excluding tert-OH is 1. The van der Waals surface area contributed by atoms with Crippen LogP contribution in [0.25, 0.3) is 0 Å². The molecular formula is C12H17FN2O2S. The summed E-state index contributed by atoms with van der Waals surface area (Å²) in [4.78, 5) is 11.1. The number of thioether (sulfide) groups is 1. The molecule has 0 aromatic heterocycles. The van der Waals surface area contributed by atoms with E-state index in [4.69, 9.17) is 5.11 Å². The molecule has 6 heteroatoms. The molecule has 0 heterocycles. The van der Waals surface area contributed by atoms with E-state index in [-0.39, 0.29) is 25.0 Å². The molecule has 18 heavy (non-hydrogen) atoms. The van der Waals surface area contributed by atoms with Gasteiger partial charge < -0.3 is 15.7 Å². The standard InChI is InChI=1S/C12H17FN2O2S/c13-11-4-2-1-3-10(11)9-18-8-6-15-12(17)14-5-7-16/h1-4,16H,5-9H2,(H2,14,15,17). The molecule has 0 saturated carbocycles. The van der Waals surface area contributed by atoms with Crippen molar-refractivity contribution in [1.29, 1.82) is 0 Å². The second-order valence-corrected chi connectivity index (χ2v) is 4.66. The average molecular weight is 272 g/mol. The fourth-order valence-electron chi connectivity index (χ4n) is 1.27. The molecule has 0 fully saturated rings. The summed E-state index contributed by atoms with van der Waals surface area (Å²) in [5, 5.41) is 13.6. The maximum Gasteiger partial charge on any atom is 0.314 e. The highest BCUT2D eigenvalue weighted by atomic mass is 32.2. The van der Waals surface area contributed by atoms with Crippen LogP contribution in [0.4, 0.5) is 9.18 Å². The number of urea groups is 1. The number of carbonyl (C=O) groups excluding carboxylic acids is 1. The van der Waals surface area contributed by atoms with E-state index < -0.39 is 0 Å². The monoisotopic (exact) mass is 272 g/mol. The van der Waals surface area contributed by atoms with Crippen LogP contribution in [0.3, 0.4) is 0 Å². The summed E-state index contributed by atoms with van der Waals surface area (Å²) in [6.07, 6.45) is 0. The minimum atomic E-state index is -0.296. The van der Waals surface area contributed by atoms with Gasteiger partial charge in [-0.25, -0.2) is 9.18 Å². The molecule has 2 amide bonds. The zero-order chi connectivity index (χ0) is 13.2. The fraction of sp³-hybridized carbons (Fsp3) is 0.417. The summed E-state index contributed by atoms with van der Waals surface area (Å²) >= 11 is 1.55. The highest BCUT2D eigenvalue weighted by Gasteiger charge is 2.01. The van der Waals surface area contributed by atoms with Crippen LogP contribution in [0, 0.1) is 5.82 Å². The van der Waals surface area contributed by atoms with Crippen LogP contribution in [-0.4, -0.2) is 36.6 Å². The third kappa shape index (κ3) is 5.88. The van der Waals surface area contributed by atoms with Crippen molar-refractivity contribution in [2.45, 2.75) is 5.75 Å². The Balaban J connectivity index is 2.09. The lowest BCUT2D eigenvalue weighted by atomic mass is 10.2. The number of amides is 2. The molecule has 0 atom stereocenters. The number of aliphatic hydroxyl groups is 1. The number of nitrogens with one attached hydrogen (secondary N) is 2. The molecule has 3 N–H and O–H groups in total. The van der Waals surface area contributed by atoms with Crippen molar-refractivity contribution in [2.24, 2.45) is 0 Å². The van der Waals surface area contributed by atoms with Crippen molar-refractivity contribution in [3.8, 4) is 0 Å². The molecule has 0 spiro atoms. The van der Waals surface area contributed by atoms with E-state index in [9.17, 15) is 9.18 Å². The van der Waals surface area contributed by atoms with E-state index in [0.717, 1.165) is 0 Å². The van der Waals surface area contributed by atoms with Gasteiger partial charge in [0, 0.05) is 24.6 Å². The summed E-state index contributed by atoms with van der Waals surface area (Å²) in [5.41, 5.74) is 0.673. The second-order valence-electron chi connectivity index (χ2n) is 3.55. The Morgan fingerprint density at radius 3 is 2.72 bits per heavy atom. The number of carbonyl (C=O) groups is 1. The van der Waals surface area contributed by atoms with Crippen LogP contribution < -0.4 is 10.6 Å². The molecule has 0 bridgehead atoms. The van der Waals surface area contributed by atoms with E-state index in [2.05, 4.69) is 10.6 Å². The molecule has 100 valence electrons. The Morgan fingerprint density at radius 1 is 1.28 bits per heavy atom. The molecule has 0 aliphatic heterocycles. The fourth-order valence-corrected chi connectivity index (χ4v) is 2.11. The Hall–Kier alpha value is -1.27. The Morgan fingerprint density at radius 2 is 2.00 bits per heavy atom. The van der Waals surface area contributed by atoms with Crippen molar-refractivity contribution in [3.63, 3.8) is 0 Å². The molecule has 4 nitrogen and oxygen atoms in total. The third-order valence-corrected chi connectivity index (χ3v) is 3.15. The minimum absolute atomic E-state index is 0.0740. The molecule has 1 aromatic carbocycles. The predicted molar refractivity (Wildman–Crippen MR) is 71.0 cm³/mol. The number of halogens is 1. The van der Waals surface area contributed by atoms with Gasteiger partial charge in [-0.1, -0.05) is 18.2 Å². The van der Waals surface area contributed by atoms with Crippen molar-refractivity contribution in [3.05, 3.63) is 35.6 Å². The minimum Gasteiger partial charge on any atom is -0.395 e. The smallest absolute Gasteiger partial charge is 0.314 e. The number of rotatable bonds is 7. The Labute approximate surface area is 110 Å². The summed E-state index contributed by atoms with van der Waals surface area (Å²) in [6.45, 7) is 0.681. The summed E-state index contributed by atoms with van der Waals surface area (Å²) in [5.74, 6) is 1.10. The van der Waals surface area contributed by atoms with Crippen LogP contribution in [0.1, 0.15) is 5.56 Å². The first-order valence-electron chi connectivity index (χ1n) is 5.67. The van der Waals surface area contributed by atoms with Gasteiger partial charge in [-0.15, -0.1) is 0 Å². The molecule has 0 saturated heterocycles. The first kappa shape index (κ1) is 14.8. The van der Waals surface area contributed by atoms with Gasteiger partial charge in [0.25, 0.3) is 0 Å². The number of hydrogen-bond acceptors (Lipinski definition) is 3. The van der Waals surface area contributed by atoms with Crippen LogP contribution in [0.2, 0.25) is 0 Å². The van der Waals surface area contributed by atoms with Gasteiger partial charge in [0.05, 0.1) is 6.61 Å². The highest BCUT2D eigenvalue weighted by Crippen LogP contribution is 2.14. The second kappa shape index (κ2) is 8.77. The average Bonchev–Trinajstić information content (AvgIpc) is 2.38.